The molecule has 88 valence electrons. The molecule has 0 aliphatic rings. The van der Waals surface area contributed by atoms with E-state index in [1.165, 1.54) is 0 Å². The van der Waals surface area contributed by atoms with Crippen LogP contribution < -0.4 is 0 Å². The molecule has 0 aliphatic heterocycles. The number of hydrogen-bond acceptors (Lipinski definition) is 2. The second-order valence-corrected chi connectivity index (χ2v) is 3.72. The molecule has 0 saturated carbocycles. The molecular formula is C12H23NO2. The fourth-order valence-electron chi connectivity index (χ4n) is 1.79. The van der Waals surface area contributed by atoms with Crippen LogP contribution in [0.2, 0.25) is 0 Å². The second-order valence-electron chi connectivity index (χ2n) is 3.72. The van der Waals surface area contributed by atoms with E-state index >= 15 is 0 Å². The highest BCUT2D eigenvalue weighted by molar-refractivity contribution is 5.88. The number of allylic oxidation sites excluding steroid dienone is 1. The van der Waals surface area contributed by atoms with E-state index in [9.17, 15) is 9.90 Å². The average molecular weight is 213 g/mol. The largest absolute Gasteiger partial charge is 0.376 e. The van der Waals surface area contributed by atoms with E-state index in [0.29, 0.717) is 19.5 Å². The summed E-state index contributed by atoms with van der Waals surface area (Å²) in [5.74, 6) is -0.206. The van der Waals surface area contributed by atoms with Crippen molar-refractivity contribution in [2.75, 3.05) is 13.1 Å². The maximum absolute atomic E-state index is 12.0. The van der Waals surface area contributed by atoms with Gasteiger partial charge in [0.15, 0.2) is 5.60 Å². The predicted octanol–water partition coefficient (Wildman–Crippen LogP) is 1.96. The van der Waals surface area contributed by atoms with Crippen molar-refractivity contribution in [1.29, 1.82) is 0 Å². The van der Waals surface area contributed by atoms with Crippen LogP contribution in [0.5, 0.6) is 0 Å². The molecule has 1 N–H and O–H groups in total. The predicted molar refractivity (Wildman–Crippen MR) is 62.6 cm³/mol. The maximum Gasteiger partial charge on any atom is 0.258 e. The Balaban J connectivity index is 4.93. The maximum atomic E-state index is 12.0. The Labute approximate surface area is 92.8 Å². The van der Waals surface area contributed by atoms with Gasteiger partial charge < -0.3 is 10.0 Å². The smallest absolute Gasteiger partial charge is 0.258 e. The van der Waals surface area contributed by atoms with Crippen LogP contribution in [-0.4, -0.2) is 34.6 Å². The van der Waals surface area contributed by atoms with Crippen molar-refractivity contribution in [2.45, 2.75) is 46.6 Å². The lowest BCUT2D eigenvalue weighted by atomic mass is 9.92. The van der Waals surface area contributed by atoms with E-state index in [4.69, 9.17) is 0 Å². The van der Waals surface area contributed by atoms with Crippen LogP contribution in [0.15, 0.2) is 11.6 Å². The van der Waals surface area contributed by atoms with Crippen molar-refractivity contribution in [2.24, 2.45) is 0 Å². The summed E-state index contributed by atoms with van der Waals surface area (Å²) < 4.78 is 0. The molecule has 0 aromatic carbocycles. The molecule has 0 radical (unpaired) electrons. The highest BCUT2D eigenvalue weighted by atomic mass is 16.3. The third-order valence-corrected chi connectivity index (χ3v) is 2.82. The first-order chi connectivity index (χ1) is 6.95. The number of aliphatic hydroxyl groups is 1. The number of carbonyl (C=O) groups excluding carboxylic acids is 1. The van der Waals surface area contributed by atoms with E-state index in [2.05, 4.69) is 0 Å². The summed E-state index contributed by atoms with van der Waals surface area (Å²) in [5.41, 5.74) is -0.574. The standard InChI is InChI=1S/C12H23NO2/c1-6-10(7-2)12(5,15)11(14)13(8-3)9-4/h6,15H,7-9H2,1-5H3/b10-6+. The number of rotatable bonds is 5. The van der Waals surface area contributed by atoms with Crippen LogP contribution in [0.3, 0.4) is 0 Å². The van der Waals surface area contributed by atoms with Gasteiger partial charge in [0.1, 0.15) is 0 Å². The van der Waals surface area contributed by atoms with Crippen LogP contribution in [0.4, 0.5) is 0 Å². The van der Waals surface area contributed by atoms with Crippen molar-refractivity contribution >= 4 is 5.91 Å². The van der Waals surface area contributed by atoms with Gasteiger partial charge in [-0.15, -0.1) is 0 Å². The summed E-state index contributed by atoms with van der Waals surface area (Å²) in [5, 5.41) is 10.2. The molecule has 0 heterocycles. The van der Waals surface area contributed by atoms with E-state index in [-0.39, 0.29) is 5.91 Å². The van der Waals surface area contributed by atoms with E-state index in [1.54, 1.807) is 11.8 Å². The van der Waals surface area contributed by atoms with Gasteiger partial charge in [-0.25, -0.2) is 0 Å². The number of hydrogen-bond donors (Lipinski definition) is 1. The van der Waals surface area contributed by atoms with Gasteiger partial charge in [-0.3, -0.25) is 4.79 Å². The summed E-state index contributed by atoms with van der Waals surface area (Å²) in [4.78, 5) is 13.7. The molecule has 1 atom stereocenters. The summed E-state index contributed by atoms with van der Waals surface area (Å²) in [6.07, 6.45) is 2.51. The number of nitrogens with zero attached hydrogens (tertiary/aromatic N) is 1. The first-order valence-electron chi connectivity index (χ1n) is 5.62. The van der Waals surface area contributed by atoms with Gasteiger partial charge in [-0.1, -0.05) is 13.0 Å². The van der Waals surface area contributed by atoms with Gasteiger partial charge in [-0.2, -0.15) is 0 Å². The lowest BCUT2D eigenvalue weighted by Crippen LogP contribution is -2.48. The molecule has 0 aliphatic carbocycles. The topological polar surface area (TPSA) is 40.5 Å². The molecule has 0 aromatic rings. The number of carbonyl (C=O) groups is 1. The Morgan fingerprint density at radius 1 is 1.33 bits per heavy atom. The highest BCUT2D eigenvalue weighted by Crippen LogP contribution is 2.22. The van der Waals surface area contributed by atoms with Gasteiger partial charge in [-0.05, 0) is 39.7 Å². The summed E-state index contributed by atoms with van der Waals surface area (Å²) in [7, 11) is 0. The van der Waals surface area contributed by atoms with Crippen molar-refractivity contribution in [1.82, 2.24) is 4.90 Å². The fourth-order valence-corrected chi connectivity index (χ4v) is 1.79. The first kappa shape index (κ1) is 14.2. The normalized spacial score (nSPS) is 16.0. The number of likely N-dealkylation sites (N-methyl/N-ethyl adjacent to an activating group) is 1. The Kier molecular flexibility index (Phi) is 5.58. The molecule has 1 amide bonds. The quantitative estimate of drug-likeness (QED) is 0.709. The van der Waals surface area contributed by atoms with Gasteiger partial charge in [0.2, 0.25) is 0 Å². The average Bonchev–Trinajstić information content (AvgIpc) is 2.20. The van der Waals surface area contributed by atoms with Crippen molar-refractivity contribution in [3.8, 4) is 0 Å². The summed E-state index contributed by atoms with van der Waals surface area (Å²) >= 11 is 0. The first-order valence-corrected chi connectivity index (χ1v) is 5.62. The van der Waals surface area contributed by atoms with E-state index < -0.39 is 5.60 Å². The molecule has 1 unspecified atom stereocenters. The summed E-state index contributed by atoms with van der Waals surface area (Å²) in [6, 6.07) is 0. The van der Waals surface area contributed by atoms with Crippen LogP contribution >= 0.6 is 0 Å². The molecule has 0 fully saturated rings. The molecule has 0 spiro atoms. The molecule has 0 rings (SSSR count). The zero-order chi connectivity index (χ0) is 12.1. The van der Waals surface area contributed by atoms with Crippen LogP contribution in [0.25, 0.3) is 0 Å². The minimum absolute atomic E-state index is 0.206. The SMILES string of the molecule is C/C=C(\CC)C(C)(O)C(=O)N(CC)CC. The Hall–Kier alpha value is -0.830. The van der Waals surface area contributed by atoms with Crippen LogP contribution in [0.1, 0.15) is 41.0 Å². The monoisotopic (exact) mass is 213 g/mol. The van der Waals surface area contributed by atoms with Crippen molar-refractivity contribution in [3.63, 3.8) is 0 Å². The van der Waals surface area contributed by atoms with Gasteiger partial charge >= 0.3 is 0 Å². The minimum Gasteiger partial charge on any atom is -0.376 e. The van der Waals surface area contributed by atoms with Crippen molar-refractivity contribution in [3.05, 3.63) is 11.6 Å². The second kappa shape index (κ2) is 5.91. The van der Waals surface area contributed by atoms with Gasteiger partial charge in [0.25, 0.3) is 5.91 Å². The van der Waals surface area contributed by atoms with E-state index in [0.717, 1.165) is 5.57 Å². The fraction of sp³-hybridized carbons (Fsp3) is 0.750. The van der Waals surface area contributed by atoms with Gasteiger partial charge in [0.05, 0.1) is 0 Å². The molecule has 0 aromatic heterocycles. The molecular weight excluding hydrogens is 190 g/mol. The molecule has 0 bridgehead atoms. The summed E-state index contributed by atoms with van der Waals surface area (Å²) in [6.45, 7) is 10.5. The van der Waals surface area contributed by atoms with E-state index in [1.807, 2.05) is 33.8 Å². The number of amides is 1. The highest BCUT2D eigenvalue weighted by Gasteiger charge is 2.35. The zero-order valence-corrected chi connectivity index (χ0v) is 10.5. The lowest BCUT2D eigenvalue weighted by molar-refractivity contribution is -0.145. The zero-order valence-electron chi connectivity index (χ0n) is 10.5. The van der Waals surface area contributed by atoms with Crippen LogP contribution in [-0.2, 0) is 4.79 Å². The minimum atomic E-state index is -1.35. The third-order valence-electron chi connectivity index (χ3n) is 2.82. The Bertz CT molecular complexity index is 240. The molecule has 3 heteroatoms. The molecule has 3 nitrogen and oxygen atoms in total. The third kappa shape index (κ3) is 3.06. The molecule has 0 saturated heterocycles. The molecule has 15 heavy (non-hydrogen) atoms. The Morgan fingerprint density at radius 2 is 1.80 bits per heavy atom. The lowest BCUT2D eigenvalue weighted by Gasteiger charge is -2.31. The van der Waals surface area contributed by atoms with Gasteiger partial charge in [0, 0.05) is 13.1 Å². The Morgan fingerprint density at radius 3 is 2.07 bits per heavy atom. The van der Waals surface area contributed by atoms with Crippen molar-refractivity contribution < 1.29 is 9.90 Å². The van der Waals surface area contributed by atoms with Crippen LogP contribution in [0, 0.1) is 0 Å².